The molecule has 0 spiro atoms. The van der Waals surface area contributed by atoms with Crippen molar-refractivity contribution in [1.29, 1.82) is 0 Å². The molecule has 1 heterocycles. The maximum Gasteiger partial charge on any atom is 0.265 e. The Kier molecular flexibility index (Phi) is 3.09. The molecule has 0 amide bonds. The maximum absolute atomic E-state index is 11.4. The van der Waals surface area contributed by atoms with Gasteiger partial charge in [0.1, 0.15) is 0 Å². The molecular weight excluding hydrogens is 218 g/mol. The zero-order valence-corrected chi connectivity index (χ0v) is 9.22. The van der Waals surface area contributed by atoms with E-state index in [4.69, 9.17) is 5.73 Å². The van der Waals surface area contributed by atoms with E-state index < -0.39 is 0 Å². The van der Waals surface area contributed by atoms with E-state index in [0.717, 1.165) is 5.56 Å². The zero-order chi connectivity index (χ0) is 12.3. The number of hydrogen-bond acceptors (Lipinski definition) is 3. The van der Waals surface area contributed by atoms with Crippen molar-refractivity contribution in [2.45, 2.75) is 13.0 Å². The summed E-state index contributed by atoms with van der Waals surface area (Å²) in [5, 5.41) is 2.47. The van der Waals surface area contributed by atoms with Crippen molar-refractivity contribution in [3.05, 3.63) is 62.7 Å². The second kappa shape index (κ2) is 4.69. The smallest absolute Gasteiger partial charge is 0.265 e. The molecule has 1 aromatic heterocycles. The van der Waals surface area contributed by atoms with E-state index in [2.05, 4.69) is 5.10 Å². The van der Waals surface area contributed by atoms with Crippen LogP contribution < -0.4 is 16.9 Å². The number of nitrogen functional groups attached to an aromatic ring is 1. The Morgan fingerprint density at radius 2 is 1.88 bits per heavy atom. The van der Waals surface area contributed by atoms with Gasteiger partial charge < -0.3 is 5.73 Å². The number of para-hydroxylation sites is 1. The van der Waals surface area contributed by atoms with E-state index >= 15 is 0 Å². The fraction of sp³-hybridized carbons (Fsp3) is 0.167. The van der Waals surface area contributed by atoms with E-state index in [1.165, 1.54) is 16.8 Å². The van der Waals surface area contributed by atoms with Crippen LogP contribution >= 0.6 is 0 Å². The lowest BCUT2D eigenvalue weighted by Crippen LogP contribution is -2.28. The van der Waals surface area contributed by atoms with Crippen LogP contribution in [0.2, 0.25) is 0 Å². The summed E-state index contributed by atoms with van der Waals surface area (Å²) in [6, 6.07) is 9.94. The molecule has 0 bridgehead atoms. The monoisotopic (exact) mass is 231 g/mol. The van der Waals surface area contributed by atoms with E-state index in [1.807, 2.05) is 24.3 Å². The fourth-order valence-corrected chi connectivity index (χ4v) is 1.62. The third kappa shape index (κ3) is 2.63. The molecule has 2 rings (SSSR count). The first-order chi connectivity index (χ1) is 8.16. The molecule has 0 radical (unpaired) electrons. The summed E-state index contributed by atoms with van der Waals surface area (Å²) in [5.74, 6) is 0. The second-order valence-corrected chi connectivity index (χ2v) is 3.75. The number of nitrogens with one attached hydrogen (secondary N) is 1. The third-order valence-corrected chi connectivity index (χ3v) is 2.55. The lowest BCUT2D eigenvalue weighted by Gasteiger charge is -2.06. The number of benzene rings is 1. The highest BCUT2D eigenvalue weighted by molar-refractivity contribution is 5.46. The van der Waals surface area contributed by atoms with Crippen molar-refractivity contribution in [1.82, 2.24) is 9.78 Å². The Morgan fingerprint density at radius 3 is 2.65 bits per heavy atom. The van der Waals surface area contributed by atoms with E-state index in [1.54, 1.807) is 0 Å². The first-order valence-corrected chi connectivity index (χ1v) is 5.30. The number of hydrogen-bond donors (Lipinski definition) is 2. The second-order valence-electron chi connectivity index (χ2n) is 3.75. The fourth-order valence-electron chi connectivity index (χ4n) is 1.62. The number of nitrogens with two attached hydrogens (primary N) is 1. The number of H-pyrrole nitrogens is 1. The highest BCUT2D eigenvalue weighted by Gasteiger charge is 2.00. The first-order valence-electron chi connectivity index (χ1n) is 5.30. The van der Waals surface area contributed by atoms with Crippen molar-refractivity contribution >= 4 is 5.69 Å². The van der Waals surface area contributed by atoms with Gasteiger partial charge in [-0.25, -0.2) is 4.68 Å². The predicted molar refractivity (Wildman–Crippen MR) is 65.9 cm³/mol. The molecule has 0 fully saturated rings. The van der Waals surface area contributed by atoms with Gasteiger partial charge in [0.15, 0.2) is 0 Å². The van der Waals surface area contributed by atoms with Gasteiger partial charge in [-0.1, -0.05) is 18.2 Å². The number of anilines is 1. The van der Waals surface area contributed by atoms with E-state index in [0.29, 0.717) is 18.7 Å². The van der Waals surface area contributed by atoms with Crippen LogP contribution in [0.15, 0.2) is 46.0 Å². The van der Waals surface area contributed by atoms with E-state index in [-0.39, 0.29) is 11.1 Å². The van der Waals surface area contributed by atoms with Crippen LogP contribution in [0, 0.1) is 0 Å². The minimum atomic E-state index is -0.286. The van der Waals surface area contributed by atoms with Crippen LogP contribution in [-0.2, 0) is 13.0 Å². The van der Waals surface area contributed by atoms with E-state index in [9.17, 15) is 9.59 Å². The molecule has 5 nitrogen and oxygen atoms in total. The van der Waals surface area contributed by atoms with Gasteiger partial charge in [-0.2, -0.15) is 0 Å². The quantitative estimate of drug-likeness (QED) is 0.748. The van der Waals surface area contributed by atoms with Crippen molar-refractivity contribution in [3.63, 3.8) is 0 Å². The van der Waals surface area contributed by atoms with Crippen LogP contribution in [0.5, 0.6) is 0 Å². The standard InChI is InChI=1S/C12H13N3O2/c13-10-4-2-1-3-9(10)7-8-15-12(17)6-5-11(16)14-15/h1-6H,7-8,13H2,(H,14,16). The van der Waals surface area contributed by atoms with Gasteiger partial charge in [-0.15, -0.1) is 0 Å². The van der Waals surface area contributed by atoms with Crippen LogP contribution in [0.4, 0.5) is 5.69 Å². The summed E-state index contributed by atoms with van der Waals surface area (Å²) in [6.07, 6.45) is 0.604. The first kappa shape index (κ1) is 11.2. The molecule has 5 heteroatoms. The lowest BCUT2D eigenvalue weighted by molar-refractivity contribution is 0.570. The number of nitrogens with zero attached hydrogens (tertiary/aromatic N) is 1. The van der Waals surface area contributed by atoms with Gasteiger partial charge in [0.2, 0.25) is 0 Å². The zero-order valence-electron chi connectivity index (χ0n) is 9.22. The minimum Gasteiger partial charge on any atom is -0.399 e. The van der Waals surface area contributed by atoms with Crippen molar-refractivity contribution < 1.29 is 0 Å². The maximum atomic E-state index is 11.4. The van der Waals surface area contributed by atoms with Crippen LogP contribution in [0.1, 0.15) is 5.56 Å². The van der Waals surface area contributed by atoms with Gasteiger partial charge in [-0.05, 0) is 18.1 Å². The number of aryl methyl sites for hydroxylation is 2. The molecule has 17 heavy (non-hydrogen) atoms. The number of aromatic nitrogens is 2. The van der Waals surface area contributed by atoms with Gasteiger partial charge >= 0.3 is 0 Å². The highest BCUT2D eigenvalue weighted by atomic mass is 16.1. The highest BCUT2D eigenvalue weighted by Crippen LogP contribution is 2.11. The molecule has 0 aliphatic heterocycles. The lowest BCUT2D eigenvalue weighted by atomic mass is 10.1. The van der Waals surface area contributed by atoms with Crippen molar-refractivity contribution in [2.75, 3.05) is 5.73 Å². The summed E-state index contributed by atoms with van der Waals surface area (Å²) in [4.78, 5) is 22.5. The van der Waals surface area contributed by atoms with Crippen LogP contribution in [-0.4, -0.2) is 9.78 Å². The summed E-state index contributed by atoms with van der Waals surface area (Å²) in [6.45, 7) is 0.406. The molecule has 0 aliphatic carbocycles. The molecule has 0 unspecified atom stereocenters. The molecule has 2 aromatic rings. The third-order valence-electron chi connectivity index (χ3n) is 2.55. The van der Waals surface area contributed by atoms with Gasteiger partial charge in [-0.3, -0.25) is 14.7 Å². The average molecular weight is 231 g/mol. The predicted octanol–water partition coefficient (Wildman–Crippen LogP) is 0.362. The normalized spacial score (nSPS) is 10.4. The summed E-state index contributed by atoms with van der Waals surface area (Å²) in [5.41, 5.74) is 6.94. The molecule has 88 valence electrons. The summed E-state index contributed by atoms with van der Waals surface area (Å²) < 4.78 is 1.29. The Morgan fingerprint density at radius 1 is 1.12 bits per heavy atom. The molecule has 1 aromatic carbocycles. The van der Waals surface area contributed by atoms with Crippen LogP contribution in [0.3, 0.4) is 0 Å². The molecule has 0 aliphatic rings. The van der Waals surface area contributed by atoms with Crippen molar-refractivity contribution in [3.8, 4) is 0 Å². The average Bonchev–Trinajstić information content (AvgIpc) is 2.32. The van der Waals surface area contributed by atoms with Crippen molar-refractivity contribution in [2.24, 2.45) is 0 Å². The molecule has 0 saturated carbocycles. The Hall–Kier alpha value is -2.30. The Balaban J connectivity index is 2.18. The van der Waals surface area contributed by atoms with Gasteiger partial charge in [0.25, 0.3) is 11.1 Å². The number of aromatic amines is 1. The van der Waals surface area contributed by atoms with Gasteiger partial charge in [0, 0.05) is 24.4 Å². The van der Waals surface area contributed by atoms with Crippen LogP contribution in [0.25, 0.3) is 0 Å². The topological polar surface area (TPSA) is 80.9 Å². The Bertz CT molecular complexity index is 628. The molecule has 0 atom stereocenters. The molecular formula is C12H13N3O2. The number of rotatable bonds is 3. The SMILES string of the molecule is Nc1ccccc1CCn1[nH]c(=O)ccc1=O. The summed E-state index contributed by atoms with van der Waals surface area (Å²) in [7, 11) is 0. The molecule has 0 saturated heterocycles. The summed E-state index contributed by atoms with van der Waals surface area (Å²) >= 11 is 0. The molecule has 3 N–H and O–H groups in total. The minimum absolute atomic E-state index is 0.223. The Labute approximate surface area is 97.5 Å². The van der Waals surface area contributed by atoms with Gasteiger partial charge in [0.05, 0.1) is 0 Å². The largest absolute Gasteiger partial charge is 0.399 e.